The minimum absolute atomic E-state index is 0.327. The van der Waals surface area contributed by atoms with Crippen molar-refractivity contribution >= 4 is 40.1 Å². The van der Waals surface area contributed by atoms with E-state index in [4.69, 9.17) is 0 Å². The van der Waals surface area contributed by atoms with Crippen LogP contribution >= 0.6 is 22.6 Å². The molecule has 170 valence electrons. The van der Waals surface area contributed by atoms with Gasteiger partial charge >= 0.3 is 0 Å². The molecule has 0 spiro atoms. The molecule has 32 heavy (non-hydrogen) atoms. The Morgan fingerprint density at radius 1 is 0.781 bits per heavy atom. The Hall–Kier alpha value is -2.13. The number of benzene rings is 2. The highest BCUT2D eigenvalue weighted by molar-refractivity contribution is 14.1. The van der Waals surface area contributed by atoms with Gasteiger partial charge in [-0.1, -0.05) is 6.92 Å². The molecule has 2 aromatic rings. The van der Waals surface area contributed by atoms with Crippen LogP contribution in [0.5, 0.6) is 0 Å². The summed E-state index contributed by atoms with van der Waals surface area (Å²) in [7, 11) is 0. The van der Waals surface area contributed by atoms with Crippen LogP contribution in [0.15, 0.2) is 48.5 Å². The SMILES string of the molecule is CC1CCC(N2CCN(c3ccc(C(=O)NNC(=O)c4ccc(I)cc4)cc3)CC2)CC1. The molecule has 4 rings (SSSR count). The number of carbonyl (C=O) groups excluding carboxylic acids is 2. The molecule has 1 aliphatic heterocycles. The fraction of sp³-hybridized carbons (Fsp3) is 0.440. The third-order valence-corrected chi connectivity index (χ3v) is 7.43. The molecule has 2 fully saturated rings. The standard InChI is InChI=1S/C25H31IN4O2/c1-18-2-10-22(11-3-18)29-14-16-30(17-15-29)23-12-6-20(7-13-23)25(32)28-27-24(31)19-4-8-21(26)9-5-19/h4-9,12-13,18,22H,2-3,10-11,14-17H2,1H3,(H,27,31)(H,28,32). The van der Waals surface area contributed by atoms with E-state index < -0.39 is 0 Å². The Balaban J connectivity index is 1.25. The minimum Gasteiger partial charge on any atom is -0.369 e. The Morgan fingerprint density at radius 2 is 1.28 bits per heavy atom. The number of amides is 2. The van der Waals surface area contributed by atoms with Crippen LogP contribution in [0.1, 0.15) is 53.3 Å². The molecule has 2 N–H and O–H groups in total. The molecule has 1 saturated carbocycles. The van der Waals surface area contributed by atoms with E-state index in [2.05, 4.69) is 50.2 Å². The molecule has 1 aliphatic carbocycles. The van der Waals surface area contributed by atoms with Crippen LogP contribution < -0.4 is 15.8 Å². The van der Waals surface area contributed by atoms with Crippen molar-refractivity contribution in [1.82, 2.24) is 15.8 Å². The highest BCUT2D eigenvalue weighted by Gasteiger charge is 2.27. The van der Waals surface area contributed by atoms with Crippen molar-refractivity contribution in [2.75, 3.05) is 31.1 Å². The van der Waals surface area contributed by atoms with Gasteiger partial charge in [-0.3, -0.25) is 25.3 Å². The van der Waals surface area contributed by atoms with E-state index in [1.807, 2.05) is 36.4 Å². The Bertz CT molecular complexity index is 916. The predicted molar refractivity (Wildman–Crippen MR) is 136 cm³/mol. The molecule has 7 heteroatoms. The van der Waals surface area contributed by atoms with Crippen LogP contribution in [-0.2, 0) is 0 Å². The predicted octanol–water partition coefficient (Wildman–Crippen LogP) is 4.07. The quantitative estimate of drug-likeness (QED) is 0.449. The minimum atomic E-state index is -0.336. The Kier molecular flexibility index (Phi) is 7.67. The van der Waals surface area contributed by atoms with Gasteiger partial charge in [-0.2, -0.15) is 0 Å². The summed E-state index contributed by atoms with van der Waals surface area (Å²) in [5.41, 5.74) is 7.13. The maximum Gasteiger partial charge on any atom is 0.269 e. The van der Waals surface area contributed by atoms with Gasteiger partial charge in [0.15, 0.2) is 0 Å². The molecule has 2 amide bonds. The van der Waals surface area contributed by atoms with E-state index in [0.29, 0.717) is 11.1 Å². The highest BCUT2D eigenvalue weighted by Crippen LogP contribution is 2.28. The number of nitrogens with one attached hydrogen (secondary N) is 2. The maximum atomic E-state index is 12.4. The molecule has 0 unspecified atom stereocenters. The number of carbonyl (C=O) groups is 2. The molecule has 2 aromatic carbocycles. The summed E-state index contributed by atoms with van der Waals surface area (Å²) in [6.45, 7) is 6.61. The van der Waals surface area contributed by atoms with Gasteiger partial charge in [-0.05, 0) is 103 Å². The number of nitrogens with zero attached hydrogens (tertiary/aromatic N) is 2. The molecule has 0 radical (unpaired) electrons. The number of hydrazine groups is 1. The van der Waals surface area contributed by atoms with E-state index in [1.165, 1.54) is 25.7 Å². The van der Waals surface area contributed by atoms with Crippen molar-refractivity contribution in [3.63, 3.8) is 0 Å². The van der Waals surface area contributed by atoms with Gasteiger partial charge in [0.05, 0.1) is 0 Å². The third kappa shape index (κ3) is 5.81. The number of hydrogen-bond acceptors (Lipinski definition) is 4. The van der Waals surface area contributed by atoms with Gasteiger partial charge in [0, 0.05) is 52.6 Å². The van der Waals surface area contributed by atoms with E-state index in [9.17, 15) is 9.59 Å². The van der Waals surface area contributed by atoms with Crippen molar-refractivity contribution < 1.29 is 9.59 Å². The van der Waals surface area contributed by atoms with Gasteiger partial charge in [-0.15, -0.1) is 0 Å². The fourth-order valence-corrected chi connectivity index (χ4v) is 5.00. The monoisotopic (exact) mass is 546 g/mol. The number of hydrogen-bond donors (Lipinski definition) is 2. The summed E-state index contributed by atoms with van der Waals surface area (Å²) >= 11 is 2.18. The summed E-state index contributed by atoms with van der Waals surface area (Å²) in [5.74, 6) is 0.224. The molecule has 6 nitrogen and oxygen atoms in total. The van der Waals surface area contributed by atoms with E-state index in [0.717, 1.165) is 47.4 Å². The number of piperazine rings is 1. The van der Waals surface area contributed by atoms with Crippen molar-refractivity contribution in [2.45, 2.75) is 38.6 Å². The van der Waals surface area contributed by atoms with E-state index in [1.54, 1.807) is 12.1 Å². The van der Waals surface area contributed by atoms with Crippen LogP contribution in [0, 0.1) is 9.49 Å². The zero-order chi connectivity index (χ0) is 22.5. The second kappa shape index (κ2) is 10.7. The molecule has 1 heterocycles. The summed E-state index contributed by atoms with van der Waals surface area (Å²) in [5, 5.41) is 0. The zero-order valence-electron chi connectivity index (χ0n) is 18.5. The van der Waals surface area contributed by atoms with Crippen LogP contribution in [-0.4, -0.2) is 48.9 Å². The number of rotatable bonds is 4. The van der Waals surface area contributed by atoms with Gasteiger partial charge < -0.3 is 4.90 Å². The first-order valence-electron chi connectivity index (χ1n) is 11.4. The topological polar surface area (TPSA) is 64.7 Å². The number of halogens is 1. The van der Waals surface area contributed by atoms with Crippen molar-refractivity contribution in [1.29, 1.82) is 0 Å². The van der Waals surface area contributed by atoms with Crippen molar-refractivity contribution in [2.24, 2.45) is 5.92 Å². The molecule has 1 saturated heterocycles. The highest BCUT2D eigenvalue weighted by atomic mass is 127. The normalized spacial score (nSPS) is 21.8. The smallest absolute Gasteiger partial charge is 0.269 e. The summed E-state index contributed by atoms with van der Waals surface area (Å²) in [4.78, 5) is 29.6. The Morgan fingerprint density at radius 3 is 1.81 bits per heavy atom. The first kappa shape index (κ1) is 23.0. The lowest BCUT2D eigenvalue weighted by Gasteiger charge is -2.42. The van der Waals surface area contributed by atoms with Crippen LogP contribution in [0.4, 0.5) is 5.69 Å². The largest absolute Gasteiger partial charge is 0.369 e. The molecular formula is C25H31IN4O2. The lowest BCUT2D eigenvalue weighted by Crippen LogP contribution is -2.51. The molecular weight excluding hydrogens is 515 g/mol. The van der Waals surface area contributed by atoms with Crippen LogP contribution in [0.25, 0.3) is 0 Å². The third-order valence-electron chi connectivity index (χ3n) is 6.71. The second-order valence-electron chi connectivity index (χ2n) is 8.90. The molecule has 0 aromatic heterocycles. The molecule has 0 bridgehead atoms. The average molecular weight is 546 g/mol. The van der Waals surface area contributed by atoms with Gasteiger partial charge in [0.2, 0.25) is 0 Å². The van der Waals surface area contributed by atoms with E-state index >= 15 is 0 Å². The van der Waals surface area contributed by atoms with Gasteiger partial charge in [-0.25, -0.2) is 0 Å². The van der Waals surface area contributed by atoms with Gasteiger partial charge in [0.25, 0.3) is 11.8 Å². The molecule has 0 atom stereocenters. The first-order valence-corrected chi connectivity index (χ1v) is 12.5. The molecule has 2 aliphatic rings. The lowest BCUT2D eigenvalue weighted by atomic mass is 9.86. The van der Waals surface area contributed by atoms with Gasteiger partial charge in [0.1, 0.15) is 0 Å². The van der Waals surface area contributed by atoms with Crippen LogP contribution in [0.3, 0.4) is 0 Å². The summed E-state index contributed by atoms with van der Waals surface area (Å²) in [6.07, 6.45) is 5.40. The number of anilines is 1. The second-order valence-corrected chi connectivity index (χ2v) is 10.1. The van der Waals surface area contributed by atoms with E-state index in [-0.39, 0.29) is 11.8 Å². The maximum absolute atomic E-state index is 12.4. The van der Waals surface area contributed by atoms with Crippen molar-refractivity contribution in [3.8, 4) is 0 Å². The van der Waals surface area contributed by atoms with Crippen LogP contribution in [0.2, 0.25) is 0 Å². The average Bonchev–Trinajstić information content (AvgIpc) is 2.83. The summed E-state index contributed by atoms with van der Waals surface area (Å²) < 4.78 is 1.05. The lowest BCUT2D eigenvalue weighted by molar-refractivity contribution is 0.0846. The van der Waals surface area contributed by atoms with Crippen molar-refractivity contribution in [3.05, 3.63) is 63.2 Å². The zero-order valence-corrected chi connectivity index (χ0v) is 20.7. The fourth-order valence-electron chi connectivity index (χ4n) is 4.64. The first-order chi connectivity index (χ1) is 15.5. The summed E-state index contributed by atoms with van der Waals surface area (Å²) in [6, 6.07) is 15.5. The Labute approximate surface area is 203 Å².